The Morgan fingerprint density at radius 1 is 1.18 bits per heavy atom. The molecule has 40 heavy (non-hydrogen) atoms. The number of β-amino-alcohol motifs (C(OH)–C–C–N with tert-alkyl or cyclic N) is 1. The fraction of sp³-hybridized carbons (Fsp3) is 0.433. The first kappa shape index (κ1) is 28.2. The van der Waals surface area contributed by atoms with Gasteiger partial charge < -0.3 is 25.2 Å². The van der Waals surface area contributed by atoms with E-state index in [1.54, 1.807) is 29.4 Å². The molecular weight excluding hydrogens is 528 g/mol. The summed E-state index contributed by atoms with van der Waals surface area (Å²) in [6.07, 6.45) is -1.64. The molecule has 9 nitrogen and oxygen atoms in total. The average Bonchev–Trinajstić information content (AvgIpc) is 3.64. The molecule has 3 N–H and O–H groups in total. The van der Waals surface area contributed by atoms with Gasteiger partial charge >= 0.3 is 0 Å². The fourth-order valence-corrected chi connectivity index (χ4v) is 6.66. The van der Waals surface area contributed by atoms with E-state index in [0.29, 0.717) is 24.4 Å². The summed E-state index contributed by atoms with van der Waals surface area (Å²) in [5.41, 5.74) is 6.39. The van der Waals surface area contributed by atoms with Crippen molar-refractivity contribution in [3.63, 3.8) is 0 Å². The summed E-state index contributed by atoms with van der Waals surface area (Å²) in [4.78, 5) is 36.0. The minimum atomic E-state index is -1.01. The number of carbonyl (C=O) groups excluding carboxylic acids is 2. The highest BCUT2D eigenvalue weighted by atomic mass is 32.1. The van der Waals surface area contributed by atoms with E-state index in [2.05, 4.69) is 10.3 Å². The molecule has 0 spiro atoms. The van der Waals surface area contributed by atoms with Crippen LogP contribution < -0.4 is 10.1 Å². The number of amides is 2. The SMILES string of the molecule is COc1cccc2c1C(O)N([C@H](C(=O)N1C[C@H](O)C[C@H]1C(=O)NCc1ccc(-c3scnc3C)cc1)C(C)C)C2. The lowest BCUT2D eigenvalue weighted by Gasteiger charge is -2.36. The zero-order valence-corrected chi connectivity index (χ0v) is 24.0. The molecule has 2 aliphatic rings. The fourth-order valence-electron chi connectivity index (χ4n) is 5.84. The zero-order chi connectivity index (χ0) is 28.6. The third kappa shape index (κ3) is 5.36. The Morgan fingerprint density at radius 3 is 2.58 bits per heavy atom. The Bertz CT molecular complexity index is 1370. The topological polar surface area (TPSA) is 115 Å². The van der Waals surface area contributed by atoms with Crippen LogP contribution in [0.2, 0.25) is 0 Å². The van der Waals surface area contributed by atoms with Gasteiger partial charge in [0.05, 0.1) is 35.3 Å². The van der Waals surface area contributed by atoms with E-state index in [1.165, 1.54) is 4.90 Å². The van der Waals surface area contributed by atoms with Crippen LogP contribution in [-0.4, -0.2) is 68.7 Å². The lowest BCUT2D eigenvalue weighted by atomic mass is 10.00. The van der Waals surface area contributed by atoms with E-state index in [-0.39, 0.29) is 30.7 Å². The van der Waals surface area contributed by atoms with Crippen molar-refractivity contribution < 1.29 is 24.5 Å². The number of hydrogen-bond donors (Lipinski definition) is 3. The summed E-state index contributed by atoms with van der Waals surface area (Å²) < 4.78 is 5.46. The van der Waals surface area contributed by atoms with Gasteiger partial charge in [0.25, 0.3) is 0 Å². The molecule has 5 rings (SSSR count). The van der Waals surface area contributed by atoms with Gasteiger partial charge in [0.15, 0.2) is 0 Å². The number of aromatic nitrogens is 1. The van der Waals surface area contributed by atoms with Crippen molar-refractivity contribution in [2.45, 2.75) is 64.7 Å². The van der Waals surface area contributed by atoms with Gasteiger partial charge in [0.1, 0.15) is 18.0 Å². The second kappa shape index (κ2) is 11.7. The maximum absolute atomic E-state index is 14.0. The summed E-state index contributed by atoms with van der Waals surface area (Å²) in [7, 11) is 1.56. The largest absolute Gasteiger partial charge is 0.496 e. The number of methoxy groups -OCH3 is 1. The summed E-state index contributed by atoms with van der Waals surface area (Å²) in [6.45, 7) is 6.59. The number of aliphatic hydroxyl groups is 2. The van der Waals surface area contributed by atoms with E-state index in [1.807, 2.05) is 62.7 Å². The number of aryl methyl sites for hydroxylation is 1. The maximum atomic E-state index is 14.0. The van der Waals surface area contributed by atoms with E-state index < -0.39 is 24.4 Å². The van der Waals surface area contributed by atoms with Gasteiger partial charge in [-0.25, -0.2) is 4.98 Å². The van der Waals surface area contributed by atoms with Gasteiger partial charge in [-0.3, -0.25) is 14.5 Å². The average molecular weight is 565 g/mol. The van der Waals surface area contributed by atoms with Crippen molar-refractivity contribution in [1.82, 2.24) is 20.1 Å². The van der Waals surface area contributed by atoms with Crippen molar-refractivity contribution >= 4 is 23.2 Å². The van der Waals surface area contributed by atoms with Gasteiger partial charge in [0, 0.05) is 31.6 Å². The Labute approximate surface area is 238 Å². The van der Waals surface area contributed by atoms with Gasteiger partial charge in [-0.2, -0.15) is 0 Å². The van der Waals surface area contributed by atoms with Crippen LogP contribution in [0.1, 0.15) is 48.9 Å². The number of nitrogens with zero attached hydrogens (tertiary/aromatic N) is 3. The quantitative estimate of drug-likeness (QED) is 0.385. The molecule has 4 atom stereocenters. The molecular formula is C30H36N4O5S. The molecule has 1 fully saturated rings. The van der Waals surface area contributed by atoms with Crippen LogP contribution in [-0.2, 0) is 22.7 Å². The smallest absolute Gasteiger partial charge is 0.243 e. The van der Waals surface area contributed by atoms with Gasteiger partial charge in [-0.05, 0) is 35.6 Å². The molecule has 3 heterocycles. The normalized spacial score (nSPS) is 21.5. The second-order valence-electron chi connectivity index (χ2n) is 10.8. The summed E-state index contributed by atoms with van der Waals surface area (Å²) in [6, 6.07) is 12.1. The van der Waals surface area contributed by atoms with Crippen molar-refractivity contribution in [1.29, 1.82) is 0 Å². The maximum Gasteiger partial charge on any atom is 0.243 e. The molecule has 3 aromatic rings. The number of rotatable bonds is 8. The van der Waals surface area contributed by atoms with E-state index in [0.717, 1.165) is 27.3 Å². The Hall–Kier alpha value is -3.31. The van der Waals surface area contributed by atoms with Crippen LogP contribution in [0.3, 0.4) is 0 Å². The predicted molar refractivity (Wildman–Crippen MR) is 152 cm³/mol. The Balaban J connectivity index is 1.28. The molecule has 1 unspecified atom stereocenters. The number of benzene rings is 2. The summed E-state index contributed by atoms with van der Waals surface area (Å²) >= 11 is 1.59. The monoisotopic (exact) mass is 564 g/mol. The first-order valence-electron chi connectivity index (χ1n) is 13.5. The summed E-state index contributed by atoms with van der Waals surface area (Å²) in [5.74, 6) is -0.153. The lowest BCUT2D eigenvalue weighted by molar-refractivity contribution is -0.149. The minimum absolute atomic E-state index is 0.0727. The first-order chi connectivity index (χ1) is 19.2. The highest BCUT2D eigenvalue weighted by Gasteiger charge is 2.46. The molecule has 1 saturated heterocycles. The Morgan fingerprint density at radius 2 is 1.93 bits per heavy atom. The molecule has 2 aromatic carbocycles. The van der Waals surface area contributed by atoms with Gasteiger partial charge in [-0.15, -0.1) is 11.3 Å². The van der Waals surface area contributed by atoms with Crippen molar-refractivity contribution in [3.05, 3.63) is 70.4 Å². The highest BCUT2D eigenvalue weighted by molar-refractivity contribution is 7.13. The number of likely N-dealkylation sites (tertiary alicyclic amines) is 1. The molecule has 10 heteroatoms. The molecule has 2 aliphatic heterocycles. The molecule has 2 amide bonds. The number of thiazole rings is 1. The van der Waals surface area contributed by atoms with Crippen LogP contribution >= 0.6 is 11.3 Å². The lowest BCUT2D eigenvalue weighted by Crippen LogP contribution is -2.54. The molecule has 0 bridgehead atoms. The van der Waals surface area contributed by atoms with Crippen LogP contribution in [0.5, 0.6) is 5.75 Å². The van der Waals surface area contributed by atoms with Crippen molar-refractivity contribution in [2.75, 3.05) is 13.7 Å². The van der Waals surface area contributed by atoms with Crippen LogP contribution in [0.4, 0.5) is 0 Å². The highest BCUT2D eigenvalue weighted by Crippen LogP contribution is 2.41. The number of hydrogen-bond acceptors (Lipinski definition) is 8. The Kier molecular flexibility index (Phi) is 8.23. The molecule has 1 aromatic heterocycles. The van der Waals surface area contributed by atoms with Crippen LogP contribution in [0, 0.1) is 12.8 Å². The van der Waals surface area contributed by atoms with Gasteiger partial charge in [0.2, 0.25) is 11.8 Å². The zero-order valence-electron chi connectivity index (χ0n) is 23.2. The predicted octanol–water partition coefficient (Wildman–Crippen LogP) is 3.24. The number of carbonyl (C=O) groups is 2. The molecule has 212 valence electrons. The third-order valence-corrected chi connectivity index (χ3v) is 8.81. The molecule has 0 radical (unpaired) electrons. The number of nitrogens with one attached hydrogen (secondary N) is 1. The minimum Gasteiger partial charge on any atom is -0.496 e. The number of ether oxygens (including phenoxy) is 1. The van der Waals surface area contributed by atoms with E-state index in [9.17, 15) is 19.8 Å². The van der Waals surface area contributed by atoms with Gasteiger partial charge in [-0.1, -0.05) is 50.2 Å². The molecule has 0 aliphatic carbocycles. The number of fused-ring (bicyclic) bond motifs is 1. The second-order valence-corrected chi connectivity index (χ2v) is 11.7. The number of aliphatic hydroxyl groups excluding tert-OH is 2. The van der Waals surface area contributed by atoms with E-state index >= 15 is 0 Å². The summed E-state index contributed by atoms with van der Waals surface area (Å²) in [5, 5.41) is 24.7. The first-order valence-corrected chi connectivity index (χ1v) is 14.4. The van der Waals surface area contributed by atoms with Crippen molar-refractivity contribution in [2.24, 2.45) is 5.92 Å². The van der Waals surface area contributed by atoms with Crippen molar-refractivity contribution in [3.8, 4) is 16.2 Å². The van der Waals surface area contributed by atoms with Crippen LogP contribution in [0.25, 0.3) is 10.4 Å². The molecule has 0 saturated carbocycles. The van der Waals surface area contributed by atoms with E-state index in [4.69, 9.17) is 4.74 Å². The standard InChI is InChI=1S/C30H36N4O5S/c1-17(2)26(34-14-21-6-5-7-24(39-4)25(21)29(34)37)30(38)33-15-22(35)12-23(33)28(36)31-13-19-8-10-20(11-9-19)27-18(3)32-16-40-27/h5-11,16-17,22-23,26,29,35,37H,12-15H2,1-4H3,(H,31,36)/t22-,23+,26+,29?/m1/s1. The third-order valence-electron chi connectivity index (χ3n) is 7.84. The van der Waals surface area contributed by atoms with Crippen LogP contribution in [0.15, 0.2) is 48.0 Å².